The lowest BCUT2D eigenvalue weighted by molar-refractivity contribution is 0.413. The van der Waals surface area contributed by atoms with E-state index >= 15 is 0 Å². The van der Waals surface area contributed by atoms with Gasteiger partial charge in [-0.3, -0.25) is 4.79 Å². The smallest absolute Gasteiger partial charge is 0.209 e. The van der Waals surface area contributed by atoms with Gasteiger partial charge in [-0.05, 0) is 18.2 Å². The van der Waals surface area contributed by atoms with Crippen molar-refractivity contribution in [3.8, 4) is 16.9 Å². The molecule has 2 rings (SSSR count). The molecule has 92 valence electrons. The summed E-state index contributed by atoms with van der Waals surface area (Å²) in [6.07, 6.45) is 0. The summed E-state index contributed by atoms with van der Waals surface area (Å²) in [6, 6.07) is 10.6. The maximum Gasteiger partial charge on any atom is 0.209 e. The van der Waals surface area contributed by atoms with Gasteiger partial charge in [0.2, 0.25) is 5.43 Å². The summed E-state index contributed by atoms with van der Waals surface area (Å²) >= 11 is 0. The molecular formula is C14H12FNO2. The van der Waals surface area contributed by atoms with Gasteiger partial charge in [-0.15, -0.1) is 0 Å². The van der Waals surface area contributed by atoms with Crippen molar-refractivity contribution in [1.29, 1.82) is 0 Å². The van der Waals surface area contributed by atoms with Crippen LogP contribution in [0.25, 0.3) is 11.1 Å². The molecule has 0 radical (unpaired) electrons. The molecule has 2 aromatic rings. The number of methoxy groups -OCH3 is 1. The molecule has 0 saturated heterocycles. The normalized spacial score (nSPS) is 10.1. The molecule has 0 aromatic heterocycles. The van der Waals surface area contributed by atoms with E-state index in [1.807, 2.05) is 0 Å². The topological polar surface area (TPSA) is 52.3 Å². The van der Waals surface area contributed by atoms with Crippen LogP contribution in [0.4, 0.5) is 10.1 Å². The minimum atomic E-state index is -0.420. The Morgan fingerprint density at radius 2 is 1.83 bits per heavy atom. The quantitative estimate of drug-likeness (QED) is 0.884. The van der Waals surface area contributed by atoms with Gasteiger partial charge in [0.1, 0.15) is 11.6 Å². The summed E-state index contributed by atoms with van der Waals surface area (Å²) in [6.45, 7) is 0. The van der Waals surface area contributed by atoms with Crippen LogP contribution in [0.3, 0.4) is 0 Å². The van der Waals surface area contributed by atoms with Crippen LogP contribution in [0.1, 0.15) is 0 Å². The Kier molecular flexibility index (Phi) is 3.28. The van der Waals surface area contributed by atoms with Gasteiger partial charge in [-0.1, -0.05) is 18.2 Å². The molecule has 0 saturated carbocycles. The van der Waals surface area contributed by atoms with Crippen molar-refractivity contribution in [2.45, 2.75) is 0 Å². The van der Waals surface area contributed by atoms with Crippen LogP contribution in [-0.2, 0) is 0 Å². The third-order valence-corrected chi connectivity index (χ3v) is 2.61. The highest BCUT2D eigenvalue weighted by atomic mass is 19.1. The highest BCUT2D eigenvalue weighted by molar-refractivity contribution is 5.72. The predicted molar refractivity (Wildman–Crippen MR) is 69.1 cm³/mol. The van der Waals surface area contributed by atoms with E-state index in [2.05, 4.69) is 0 Å². The largest absolute Gasteiger partial charge is 0.496 e. The van der Waals surface area contributed by atoms with Crippen molar-refractivity contribution in [1.82, 2.24) is 0 Å². The maximum absolute atomic E-state index is 13.1. The van der Waals surface area contributed by atoms with Gasteiger partial charge in [-0.2, -0.15) is 0 Å². The number of hydrogen-bond donors (Lipinski definition) is 1. The number of hydrogen-bond acceptors (Lipinski definition) is 3. The molecule has 0 fully saturated rings. The van der Waals surface area contributed by atoms with Crippen molar-refractivity contribution in [2.75, 3.05) is 12.8 Å². The number of nitrogens with two attached hydrogens (primary N) is 1. The number of benzene rings is 1. The Morgan fingerprint density at radius 1 is 1.11 bits per heavy atom. The molecule has 0 heterocycles. The standard InChI is InChI=1S/C14H12FNO2/c1-18-13-8-9(15)6-7-10(13)11-4-2-3-5-12(16)14(11)17/h2-8H,1H3,(H2,16,17). The van der Waals surface area contributed by atoms with Crippen molar-refractivity contribution in [3.63, 3.8) is 0 Å². The molecule has 0 bridgehead atoms. The molecule has 0 aliphatic heterocycles. The van der Waals surface area contributed by atoms with Gasteiger partial charge >= 0.3 is 0 Å². The van der Waals surface area contributed by atoms with Gasteiger partial charge in [0.15, 0.2) is 0 Å². The fourth-order valence-electron chi connectivity index (χ4n) is 1.72. The Morgan fingerprint density at radius 3 is 2.56 bits per heavy atom. The zero-order valence-corrected chi connectivity index (χ0v) is 9.81. The summed E-state index contributed by atoms with van der Waals surface area (Å²) in [4.78, 5) is 12.0. The highest BCUT2D eigenvalue weighted by Gasteiger charge is 2.10. The first kappa shape index (κ1) is 12.1. The first-order valence-electron chi connectivity index (χ1n) is 5.36. The minimum Gasteiger partial charge on any atom is -0.496 e. The number of nitrogen functional groups attached to an aromatic ring is 1. The molecule has 18 heavy (non-hydrogen) atoms. The summed E-state index contributed by atoms with van der Waals surface area (Å²) in [5.41, 5.74) is 6.38. The van der Waals surface area contributed by atoms with Crippen LogP contribution in [0.2, 0.25) is 0 Å². The van der Waals surface area contributed by atoms with Gasteiger partial charge in [0.25, 0.3) is 0 Å². The summed E-state index contributed by atoms with van der Waals surface area (Å²) < 4.78 is 18.2. The van der Waals surface area contributed by atoms with E-state index in [4.69, 9.17) is 10.5 Å². The fourth-order valence-corrected chi connectivity index (χ4v) is 1.72. The van der Waals surface area contributed by atoms with E-state index in [0.717, 1.165) is 0 Å². The highest BCUT2D eigenvalue weighted by Crippen LogP contribution is 2.28. The first-order chi connectivity index (χ1) is 8.63. The number of rotatable bonds is 2. The average Bonchev–Trinajstić information content (AvgIpc) is 2.53. The van der Waals surface area contributed by atoms with E-state index in [-0.39, 0.29) is 11.1 Å². The average molecular weight is 245 g/mol. The molecular weight excluding hydrogens is 233 g/mol. The van der Waals surface area contributed by atoms with E-state index < -0.39 is 5.82 Å². The molecule has 0 amide bonds. The molecule has 4 heteroatoms. The van der Waals surface area contributed by atoms with Crippen molar-refractivity contribution < 1.29 is 9.13 Å². The third-order valence-electron chi connectivity index (χ3n) is 2.61. The summed E-state index contributed by atoms with van der Waals surface area (Å²) in [5.74, 6) is -0.117. The van der Waals surface area contributed by atoms with Crippen LogP contribution in [-0.4, -0.2) is 7.11 Å². The Bertz CT molecular complexity index is 641. The van der Waals surface area contributed by atoms with Crippen LogP contribution >= 0.6 is 0 Å². The van der Waals surface area contributed by atoms with Crippen LogP contribution in [0.15, 0.2) is 47.3 Å². The summed E-state index contributed by atoms with van der Waals surface area (Å²) in [7, 11) is 1.43. The zero-order chi connectivity index (χ0) is 13.1. The molecule has 0 unspecified atom stereocenters. The van der Waals surface area contributed by atoms with E-state index in [9.17, 15) is 9.18 Å². The Hall–Kier alpha value is -2.36. The molecule has 3 nitrogen and oxygen atoms in total. The van der Waals surface area contributed by atoms with Crippen molar-refractivity contribution in [3.05, 3.63) is 58.5 Å². The van der Waals surface area contributed by atoms with Crippen LogP contribution in [0.5, 0.6) is 5.75 Å². The molecule has 2 aromatic carbocycles. The Balaban J connectivity index is 2.74. The van der Waals surface area contributed by atoms with Gasteiger partial charge in [0, 0.05) is 17.2 Å². The van der Waals surface area contributed by atoms with Gasteiger partial charge in [-0.25, -0.2) is 4.39 Å². The van der Waals surface area contributed by atoms with Crippen LogP contribution in [0, 0.1) is 5.82 Å². The predicted octanol–water partition coefficient (Wildman–Crippen LogP) is 2.44. The fraction of sp³-hybridized carbons (Fsp3) is 0.0714. The second-order valence-electron chi connectivity index (χ2n) is 3.76. The molecule has 0 aliphatic carbocycles. The van der Waals surface area contributed by atoms with E-state index in [0.29, 0.717) is 16.9 Å². The minimum absolute atomic E-state index is 0.140. The number of ether oxygens (including phenoxy) is 1. The van der Waals surface area contributed by atoms with Gasteiger partial charge < -0.3 is 10.5 Å². The first-order valence-corrected chi connectivity index (χ1v) is 5.36. The van der Waals surface area contributed by atoms with Crippen LogP contribution < -0.4 is 15.9 Å². The zero-order valence-electron chi connectivity index (χ0n) is 9.81. The maximum atomic E-state index is 13.1. The number of halogens is 1. The lowest BCUT2D eigenvalue weighted by atomic mass is 10.1. The van der Waals surface area contributed by atoms with Crippen molar-refractivity contribution in [2.24, 2.45) is 0 Å². The lowest BCUT2D eigenvalue weighted by Gasteiger charge is -2.07. The van der Waals surface area contributed by atoms with Gasteiger partial charge in [0.05, 0.1) is 12.8 Å². The third kappa shape index (κ3) is 2.18. The summed E-state index contributed by atoms with van der Waals surface area (Å²) in [5, 5.41) is 0. The van der Waals surface area contributed by atoms with Crippen molar-refractivity contribution >= 4 is 5.69 Å². The number of anilines is 1. The van der Waals surface area contributed by atoms with E-state index in [1.165, 1.54) is 31.4 Å². The molecule has 0 spiro atoms. The molecule has 0 atom stereocenters. The second-order valence-corrected chi connectivity index (χ2v) is 3.76. The SMILES string of the molecule is COc1cc(F)ccc1-c1ccccc(N)c1=O. The molecule has 2 N–H and O–H groups in total. The lowest BCUT2D eigenvalue weighted by Crippen LogP contribution is -2.07. The van der Waals surface area contributed by atoms with E-state index in [1.54, 1.807) is 18.2 Å². The monoisotopic (exact) mass is 245 g/mol. The Labute approximate surface area is 104 Å². The molecule has 0 aliphatic rings. The second kappa shape index (κ2) is 4.87.